The van der Waals surface area contributed by atoms with E-state index in [0.29, 0.717) is 29.7 Å². The van der Waals surface area contributed by atoms with Crippen LogP contribution in [0.5, 0.6) is 11.5 Å². The van der Waals surface area contributed by atoms with Gasteiger partial charge in [0.05, 0.1) is 14.2 Å². The fourth-order valence-corrected chi connectivity index (χ4v) is 3.75. The van der Waals surface area contributed by atoms with Crippen molar-refractivity contribution in [3.05, 3.63) is 78.3 Å². The van der Waals surface area contributed by atoms with E-state index >= 15 is 0 Å². The number of nitrogens with one attached hydrogen (secondary N) is 2. The van der Waals surface area contributed by atoms with Gasteiger partial charge in [0, 0.05) is 17.8 Å². The van der Waals surface area contributed by atoms with Crippen LogP contribution in [0.3, 0.4) is 0 Å². The lowest BCUT2D eigenvalue weighted by Gasteiger charge is -2.34. The fourth-order valence-electron chi connectivity index (χ4n) is 3.75. The lowest BCUT2D eigenvalue weighted by molar-refractivity contribution is -0.125. The van der Waals surface area contributed by atoms with E-state index in [9.17, 15) is 4.79 Å². The maximum atomic E-state index is 13.3. The quantitative estimate of drug-likeness (QED) is 0.655. The predicted molar refractivity (Wildman–Crippen MR) is 112 cm³/mol. The number of para-hydroxylation sites is 1. The highest BCUT2D eigenvalue weighted by molar-refractivity contribution is 5.84. The standard InChI is InChI=1S/C22H23N5O3/c1-14-18(21(28)23-12-15-8-5-4-6-9-15)19(27-22(26-14)24-13-25-27)16-10-7-11-17(29-2)20(16)30-3/h4-11,13,18-19H,1,12H2,2-3H3,(H,23,28)(H,24,25,26)/t18-,19-/m0/s1. The summed E-state index contributed by atoms with van der Waals surface area (Å²) < 4.78 is 12.8. The summed E-state index contributed by atoms with van der Waals surface area (Å²) in [6.45, 7) is 4.51. The Bertz CT molecular complexity index is 1060. The number of anilines is 1. The third-order valence-corrected chi connectivity index (χ3v) is 5.14. The third kappa shape index (κ3) is 3.47. The molecule has 30 heavy (non-hydrogen) atoms. The molecular formula is C22H23N5O3. The van der Waals surface area contributed by atoms with Crippen molar-refractivity contribution < 1.29 is 14.3 Å². The number of benzene rings is 2. The van der Waals surface area contributed by atoms with Crippen LogP contribution in [0.25, 0.3) is 0 Å². The normalized spacial score (nSPS) is 17.6. The molecule has 154 valence electrons. The number of hydrogen-bond acceptors (Lipinski definition) is 6. The van der Waals surface area contributed by atoms with E-state index < -0.39 is 12.0 Å². The van der Waals surface area contributed by atoms with Crippen molar-refractivity contribution in [1.29, 1.82) is 0 Å². The zero-order chi connectivity index (χ0) is 21.1. The molecule has 1 amide bonds. The van der Waals surface area contributed by atoms with Gasteiger partial charge in [0.1, 0.15) is 18.3 Å². The van der Waals surface area contributed by atoms with Gasteiger partial charge in [-0.05, 0) is 11.6 Å². The molecule has 4 rings (SSSR count). The first-order chi connectivity index (χ1) is 14.6. The highest BCUT2D eigenvalue weighted by Crippen LogP contribution is 2.43. The second-order valence-corrected chi connectivity index (χ2v) is 6.89. The van der Waals surface area contributed by atoms with E-state index in [2.05, 4.69) is 27.3 Å². The highest BCUT2D eigenvalue weighted by Gasteiger charge is 2.41. The molecule has 0 spiro atoms. The van der Waals surface area contributed by atoms with Crippen LogP contribution >= 0.6 is 0 Å². The van der Waals surface area contributed by atoms with Gasteiger partial charge < -0.3 is 20.1 Å². The topological polar surface area (TPSA) is 90.3 Å². The molecule has 0 radical (unpaired) electrons. The number of amides is 1. The van der Waals surface area contributed by atoms with E-state index in [0.717, 1.165) is 11.1 Å². The van der Waals surface area contributed by atoms with Crippen molar-refractivity contribution in [1.82, 2.24) is 20.1 Å². The Morgan fingerprint density at radius 3 is 2.70 bits per heavy atom. The van der Waals surface area contributed by atoms with E-state index in [1.54, 1.807) is 18.9 Å². The van der Waals surface area contributed by atoms with Crippen LogP contribution in [0.1, 0.15) is 17.2 Å². The molecule has 2 N–H and O–H groups in total. The Morgan fingerprint density at radius 1 is 1.17 bits per heavy atom. The number of carbonyl (C=O) groups is 1. The number of hydrogen-bond donors (Lipinski definition) is 2. The van der Waals surface area contributed by atoms with E-state index in [1.165, 1.54) is 6.33 Å². The summed E-state index contributed by atoms with van der Waals surface area (Å²) in [5.74, 6) is 0.824. The molecule has 1 aromatic heterocycles. The van der Waals surface area contributed by atoms with Gasteiger partial charge in [-0.2, -0.15) is 10.1 Å². The Morgan fingerprint density at radius 2 is 1.97 bits per heavy atom. The first-order valence-corrected chi connectivity index (χ1v) is 9.52. The number of fused-ring (bicyclic) bond motifs is 1. The van der Waals surface area contributed by atoms with Crippen LogP contribution in [-0.4, -0.2) is 34.9 Å². The molecule has 0 unspecified atom stereocenters. The molecular weight excluding hydrogens is 382 g/mol. The van der Waals surface area contributed by atoms with Gasteiger partial charge in [0.25, 0.3) is 0 Å². The summed E-state index contributed by atoms with van der Waals surface area (Å²) >= 11 is 0. The lowest BCUT2D eigenvalue weighted by atomic mass is 9.87. The summed E-state index contributed by atoms with van der Waals surface area (Å²) in [7, 11) is 3.15. The van der Waals surface area contributed by atoms with Crippen LogP contribution in [-0.2, 0) is 11.3 Å². The monoisotopic (exact) mass is 405 g/mol. The minimum atomic E-state index is -0.635. The van der Waals surface area contributed by atoms with Crippen LogP contribution in [0.2, 0.25) is 0 Å². The minimum Gasteiger partial charge on any atom is -0.493 e. The summed E-state index contributed by atoms with van der Waals surface area (Å²) in [6.07, 6.45) is 1.44. The zero-order valence-electron chi connectivity index (χ0n) is 16.8. The number of aromatic nitrogens is 3. The van der Waals surface area contributed by atoms with Crippen molar-refractivity contribution in [3.8, 4) is 11.5 Å². The molecule has 2 heterocycles. The third-order valence-electron chi connectivity index (χ3n) is 5.14. The van der Waals surface area contributed by atoms with Crippen molar-refractivity contribution in [2.75, 3.05) is 19.5 Å². The van der Waals surface area contributed by atoms with Gasteiger partial charge in [-0.3, -0.25) is 4.79 Å². The van der Waals surface area contributed by atoms with Crippen LogP contribution < -0.4 is 20.1 Å². The number of nitrogens with zero attached hydrogens (tertiary/aromatic N) is 3. The van der Waals surface area contributed by atoms with Gasteiger partial charge in [0.2, 0.25) is 11.9 Å². The zero-order valence-corrected chi connectivity index (χ0v) is 16.8. The molecule has 1 aliphatic rings. The summed E-state index contributed by atoms with van der Waals surface area (Å²) in [4.78, 5) is 17.6. The van der Waals surface area contributed by atoms with E-state index in [1.807, 2.05) is 48.5 Å². The summed E-state index contributed by atoms with van der Waals surface area (Å²) in [6, 6.07) is 14.8. The molecule has 8 nitrogen and oxygen atoms in total. The van der Waals surface area contributed by atoms with Gasteiger partial charge in [-0.1, -0.05) is 49.0 Å². The Hall–Kier alpha value is -3.81. The van der Waals surface area contributed by atoms with Crippen LogP contribution in [0, 0.1) is 5.92 Å². The van der Waals surface area contributed by atoms with Crippen molar-refractivity contribution >= 4 is 11.9 Å². The molecule has 3 aromatic rings. The fraction of sp³-hybridized carbons (Fsp3) is 0.227. The molecule has 0 fully saturated rings. The summed E-state index contributed by atoms with van der Waals surface area (Å²) in [5, 5.41) is 10.5. The maximum Gasteiger partial charge on any atom is 0.231 e. The highest BCUT2D eigenvalue weighted by atomic mass is 16.5. The molecule has 0 aliphatic carbocycles. The number of ether oxygens (including phenoxy) is 2. The van der Waals surface area contributed by atoms with Gasteiger partial charge in [-0.25, -0.2) is 4.68 Å². The second-order valence-electron chi connectivity index (χ2n) is 6.89. The van der Waals surface area contributed by atoms with Gasteiger partial charge in [-0.15, -0.1) is 0 Å². The smallest absolute Gasteiger partial charge is 0.231 e. The largest absolute Gasteiger partial charge is 0.493 e. The summed E-state index contributed by atoms with van der Waals surface area (Å²) in [5.41, 5.74) is 2.30. The van der Waals surface area contributed by atoms with Crippen LogP contribution in [0.4, 0.5) is 5.95 Å². The molecule has 1 aliphatic heterocycles. The molecule has 8 heteroatoms. The number of rotatable bonds is 6. The molecule has 0 bridgehead atoms. The van der Waals surface area contributed by atoms with Crippen molar-refractivity contribution in [2.24, 2.45) is 5.92 Å². The minimum absolute atomic E-state index is 0.174. The second kappa shape index (κ2) is 8.28. The van der Waals surface area contributed by atoms with E-state index in [4.69, 9.17) is 9.47 Å². The van der Waals surface area contributed by atoms with Crippen molar-refractivity contribution in [2.45, 2.75) is 12.6 Å². The van der Waals surface area contributed by atoms with Gasteiger partial charge >= 0.3 is 0 Å². The van der Waals surface area contributed by atoms with E-state index in [-0.39, 0.29) is 5.91 Å². The first kappa shape index (κ1) is 19.5. The maximum absolute atomic E-state index is 13.3. The molecule has 0 saturated heterocycles. The van der Waals surface area contributed by atoms with Crippen molar-refractivity contribution in [3.63, 3.8) is 0 Å². The SMILES string of the molecule is C=C1Nc2ncnn2[C@@H](c2cccc(OC)c2OC)[C@H]1C(=O)NCc1ccccc1. The Balaban J connectivity index is 1.73. The molecule has 0 saturated carbocycles. The number of methoxy groups -OCH3 is 2. The van der Waals surface area contributed by atoms with Gasteiger partial charge in [0.15, 0.2) is 11.5 Å². The average molecular weight is 405 g/mol. The lowest BCUT2D eigenvalue weighted by Crippen LogP contribution is -2.42. The average Bonchev–Trinajstić information content (AvgIpc) is 3.24. The Kier molecular flexibility index (Phi) is 5.38. The first-order valence-electron chi connectivity index (χ1n) is 9.52. The Labute approximate surface area is 174 Å². The predicted octanol–water partition coefficient (Wildman–Crippen LogP) is 2.76. The van der Waals surface area contributed by atoms with Crippen LogP contribution in [0.15, 0.2) is 67.1 Å². The molecule has 2 aromatic carbocycles. The molecule has 2 atom stereocenters. The number of carbonyl (C=O) groups excluding carboxylic acids is 1.